The number of aliphatic imine (C=N–C) groups is 1. The molecule has 6 heteroatoms. The fourth-order valence-electron chi connectivity index (χ4n) is 2.83. The van der Waals surface area contributed by atoms with Gasteiger partial charge in [0.2, 0.25) is 5.90 Å². The van der Waals surface area contributed by atoms with Crippen LogP contribution in [0, 0.1) is 0 Å². The molecule has 0 N–H and O–H groups in total. The van der Waals surface area contributed by atoms with Gasteiger partial charge in [-0.05, 0) is 48.5 Å². The highest BCUT2D eigenvalue weighted by molar-refractivity contribution is 9.10. The number of nitrogens with zero attached hydrogens (tertiary/aromatic N) is 1. The lowest BCUT2D eigenvalue weighted by Crippen LogP contribution is -2.09. The second-order valence-corrected chi connectivity index (χ2v) is 7.31. The lowest BCUT2D eigenvalue weighted by Gasteiger charge is -2.10. The monoisotopic (exact) mass is 463 g/mol. The van der Waals surface area contributed by atoms with Gasteiger partial charge in [-0.1, -0.05) is 52.3 Å². The molecule has 150 valence electrons. The number of carbonyl (C=O) groups is 1. The first kappa shape index (κ1) is 19.9. The van der Waals surface area contributed by atoms with Crippen LogP contribution in [0.1, 0.15) is 11.1 Å². The maximum atomic E-state index is 12.2. The van der Waals surface area contributed by atoms with Gasteiger partial charge in [-0.15, -0.1) is 0 Å². The van der Waals surface area contributed by atoms with Gasteiger partial charge in [0.15, 0.2) is 5.70 Å². The Morgan fingerprint density at radius 3 is 2.37 bits per heavy atom. The zero-order valence-electron chi connectivity index (χ0n) is 16.0. The van der Waals surface area contributed by atoms with Crippen LogP contribution in [0.2, 0.25) is 0 Å². The molecular weight excluding hydrogens is 446 g/mol. The summed E-state index contributed by atoms with van der Waals surface area (Å²) < 4.78 is 17.8. The van der Waals surface area contributed by atoms with Crippen LogP contribution in [0.25, 0.3) is 6.08 Å². The molecule has 0 saturated heterocycles. The SMILES string of the molecule is O=C1OC(c2ccccc2)=NC1=Cc1ccccc1OCCOc1ccc(Br)cc1. The van der Waals surface area contributed by atoms with Crippen LogP contribution in [0.4, 0.5) is 0 Å². The highest BCUT2D eigenvalue weighted by Crippen LogP contribution is 2.25. The smallest absolute Gasteiger partial charge is 0.363 e. The van der Waals surface area contributed by atoms with Crippen LogP contribution in [0.3, 0.4) is 0 Å². The van der Waals surface area contributed by atoms with Crippen molar-refractivity contribution in [3.8, 4) is 11.5 Å². The van der Waals surface area contributed by atoms with Crippen LogP contribution >= 0.6 is 15.9 Å². The van der Waals surface area contributed by atoms with Gasteiger partial charge in [-0.25, -0.2) is 9.79 Å². The molecule has 0 unspecified atom stereocenters. The normalized spacial score (nSPS) is 14.4. The van der Waals surface area contributed by atoms with Gasteiger partial charge in [0.1, 0.15) is 24.7 Å². The summed E-state index contributed by atoms with van der Waals surface area (Å²) in [4.78, 5) is 16.6. The average Bonchev–Trinajstić information content (AvgIpc) is 3.14. The molecule has 1 aliphatic heterocycles. The van der Waals surface area contributed by atoms with Crippen molar-refractivity contribution < 1.29 is 19.0 Å². The highest BCUT2D eigenvalue weighted by atomic mass is 79.9. The van der Waals surface area contributed by atoms with Crippen molar-refractivity contribution in [1.29, 1.82) is 0 Å². The minimum Gasteiger partial charge on any atom is -0.490 e. The molecule has 0 aliphatic carbocycles. The van der Waals surface area contributed by atoms with Gasteiger partial charge in [0.25, 0.3) is 0 Å². The number of ether oxygens (including phenoxy) is 3. The minimum atomic E-state index is -0.484. The molecule has 3 aromatic rings. The number of halogens is 1. The Kier molecular flexibility index (Phi) is 6.25. The molecular formula is C24H18BrNO4. The molecule has 0 saturated carbocycles. The number of rotatable bonds is 7. The second-order valence-electron chi connectivity index (χ2n) is 6.39. The Balaban J connectivity index is 1.43. The van der Waals surface area contributed by atoms with E-state index in [1.165, 1.54) is 0 Å². The third-order valence-electron chi connectivity index (χ3n) is 4.28. The quantitative estimate of drug-likeness (QED) is 0.272. The fraction of sp³-hybridized carbons (Fsp3) is 0.0833. The lowest BCUT2D eigenvalue weighted by molar-refractivity contribution is -0.129. The van der Waals surface area contributed by atoms with E-state index in [-0.39, 0.29) is 5.70 Å². The number of cyclic esters (lactones) is 1. The van der Waals surface area contributed by atoms with Crippen molar-refractivity contribution in [2.45, 2.75) is 0 Å². The molecule has 0 aromatic heterocycles. The Morgan fingerprint density at radius 1 is 0.867 bits per heavy atom. The molecule has 5 nitrogen and oxygen atoms in total. The third-order valence-corrected chi connectivity index (χ3v) is 4.80. The summed E-state index contributed by atoms with van der Waals surface area (Å²) in [6.07, 6.45) is 1.67. The van der Waals surface area contributed by atoms with Gasteiger partial charge in [-0.2, -0.15) is 0 Å². The largest absolute Gasteiger partial charge is 0.490 e. The lowest BCUT2D eigenvalue weighted by atomic mass is 10.1. The number of hydrogen-bond donors (Lipinski definition) is 0. The van der Waals surface area contributed by atoms with Crippen molar-refractivity contribution >= 4 is 33.9 Å². The first-order chi connectivity index (χ1) is 14.7. The van der Waals surface area contributed by atoms with Crippen LogP contribution in [-0.2, 0) is 9.53 Å². The average molecular weight is 464 g/mol. The van der Waals surface area contributed by atoms with E-state index < -0.39 is 5.97 Å². The van der Waals surface area contributed by atoms with Gasteiger partial charge in [0, 0.05) is 15.6 Å². The third kappa shape index (κ3) is 4.96. The maximum absolute atomic E-state index is 12.2. The van der Waals surface area contributed by atoms with Gasteiger partial charge in [0.05, 0.1) is 0 Å². The van der Waals surface area contributed by atoms with Crippen LogP contribution in [0.5, 0.6) is 11.5 Å². The highest BCUT2D eigenvalue weighted by Gasteiger charge is 2.24. The van der Waals surface area contributed by atoms with E-state index in [0.29, 0.717) is 24.9 Å². The van der Waals surface area contributed by atoms with Gasteiger partial charge < -0.3 is 14.2 Å². The first-order valence-corrected chi connectivity index (χ1v) is 10.2. The molecule has 0 atom stereocenters. The number of benzene rings is 3. The fourth-order valence-corrected chi connectivity index (χ4v) is 3.10. The molecule has 0 amide bonds. The Labute approximate surface area is 182 Å². The molecule has 1 aliphatic rings. The van der Waals surface area contributed by atoms with E-state index in [2.05, 4.69) is 20.9 Å². The van der Waals surface area contributed by atoms with Crippen LogP contribution in [0.15, 0.2) is 94.0 Å². The predicted molar refractivity (Wildman–Crippen MR) is 119 cm³/mol. The Hall–Kier alpha value is -3.38. The predicted octanol–water partition coefficient (Wildman–Crippen LogP) is 5.25. The van der Waals surface area contributed by atoms with Crippen molar-refractivity contribution in [2.75, 3.05) is 13.2 Å². The van der Waals surface area contributed by atoms with E-state index in [1.54, 1.807) is 6.08 Å². The van der Waals surface area contributed by atoms with Crippen molar-refractivity contribution in [1.82, 2.24) is 0 Å². The first-order valence-electron chi connectivity index (χ1n) is 9.37. The minimum absolute atomic E-state index is 0.232. The summed E-state index contributed by atoms with van der Waals surface area (Å²) in [5.74, 6) is 1.23. The second kappa shape index (κ2) is 9.41. The van der Waals surface area contributed by atoms with E-state index in [9.17, 15) is 4.79 Å². The topological polar surface area (TPSA) is 57.1 Å². The van der Waals surface area contributed by atoms with Crippen LogP contribution < -0.4 is 9.47 Å². The standard InChI is InChI=1S/C24H18BrNO4/c25-19-10-12-20(13-11-19)28-14-15-29-22-9-5-4-8-18(22)16-21-24(27)30-23(26-21)17-6-2-1-3-7-17/h1-13,16H,14-15H2. The molecule has 0 radical (unpaired) electrons. The maximum Gasteiger partial charge on any atom is 0.363 e. The molecule has 30 heavy (non-hydrogen) atoms. The summed E-state index contributed by atoms with van der Waals surface area (Å²) in [5, 5.41) is 0. The molecule has 0 spiro atoms. The summed E-state index contributed by atoms with van der Waals surface area (Å²) >= 11 is 3.39. The Bertz CT molecular complexity index is 1090. The van der Waals surface area contributed by atoms with Crippen LogP contribution in [-0.4, -0.2) is 25.1 Å². The van der Waals surface area contributed by atoms with E-state index in [1.807, 2.05) is 78.9 Å². The van der Waals surface area contributed by atoms with Crippen molar-refractivity contribution in [2.24, 2.45) is 4.99 Å². The number of esters is 1. The molecule has 3 aromatic carbocycles. The zero-order valence-corrected chi connectivity index (χ0v) is 17.5. The summed E-state index contributed by atoms with van der Waals surface area (Å²) in [6, 6.07) is 24.4. The van der Waals surface area contributed by atoms with Crippen molar-refractivity contribution in [3.05, 3.63) is 100 Å². The number of carbonyl (C=O) groups excluding carboxylic acids is 1. The van der Waals surface area contributed by atoms with Gasteiger partial charge >= 0.3 is 5.97 Å². The van der Waals surface area contributed by atoms with E-state index in [4.69, 9.17) is 14.2 Å². The number of hydrogen-bond acceptors (Lipinski definition) is 5. The Morgan fingerprint density at radius 2 is 1.57 bits per heavy atom. The molecule has 1 heterocycles. The molecule has 0 bridgehead atoms. The van der Waals surface area contributed by atoms with Crippen molar-refractivity contribution in [3.63, 3.8) is 0 Å². The van der Waals surface area contributed by atoms with E-state index >= 15 is 0 Å². The summed E-state index contributed by atoms with van der Waals surface area (Å²) in [6.45, 7) is 0.754. The van der Waals surface area contributed by atoms with E-state index in [0.717, 1.165) is 21.3 Å². The molecule has 4 rings (SSSR count). The number of para-hydroxylation sites is 1. The zero-order chi connectivity index (χ0) is 20.8. The molecule has 0 fully saturated rings. The van der Waals surface area contributed by atoms with Gasteiger partial charge in [-0.3, -0.25) is 0 Å². The summed E-state index contributed by atoms with van der Waals surface area (Å²) in [5.41, 5.74) is 1.73. The summed E-state index contributed by atoms with van der Waals surface area (Å²) in [7, 11) is 0.